The second kappa shape index (κ2) is 4.99. The maximum Gasteiger partial charge on any atom is 0.225 e. The average Bonchev–Trinajstić information content (AvgIpc) is 2.32. The summed E-state index contributed by atoms with van der Waals surface area (Å²) in [6, 6.07) is 1.62. The number of anilines is 1. The van der Waals surface area contributed by atoms with E-state index in [-0.39, 0.29) is 5.84 Å². The molecule has 0 amide bonds. The quantitative estimate of drug-likeness (QED) is 0.349. The summed E-state index contributed by atoms with van der Waals surface area (Å²) >= 11 is 0. The molecular weight excluding hydrogens is 218 g/mol. The summed E-state index contributed by atoms with van der Waals surface area (Å²) in [5, 5.41) is 11.5. The van der Waals surface area contributed by atoms with Crippen molar-refractivity contribution in [3.8, 4) is 0 Å². The number of hydrogen-bond acceptors (Lipinski definition) is 5. The Labute approximate surface area is 100 Å². The minimum Gasteiger partial charge on any atom is -0.409 e. The summed E-state index contributed by atoms with van der Waals surface area (Å²) in [5.74, 6) is 1.36. The first-order valence-corrected chi connectivity index (χ1v) is 5.73. The molecule has 0 bridgehead atoms. The molecule has 0 unspecified atom stereocenters. The first-order chi connectivity index (χ1) is 8.20. The molecule has 0 saturated heterocycles. The minimum atomic E-state index is 0.00527. The largest absolute Gasteiger partial charge is 0.409 e. The molecule has 0 spiro atoms. The molecule has 1 aliphatic rings. The smallest absolute Gasteiger partial charge is 0.225 e. The molecule has 0 aromatic carbocycles. The van der Waals surface area contributed by atoms with Crippen LogP contribution in [0.1, 0.15) is 25.0 Å². The van der Waals surface area contributed by atoms with Crippen molar-refractivity contribution in [3.63, 3.8) is 0 Å². The van der Waals surface area contributed by atoms with Gasteiger partial charge in [-0.15, -0.1) is 0 Å². The predicted molar refractivity (Wildman–Crippen MR) is 65.2 cm³/mol. The number of aromatic nitrogens is 2. The predicted octanol–water partition coefficient (Wildman–Crippen LogP) is 0.807. The van der Waals surface area contributed by atoms with Crippen LogP contribution in [-0.2, 0) is 0 Å². The second-order valence-electron chi connectivity index (χ2n) is 4.40. The van der Waals surface area contributed by atoms with E-state index in [0.717, 1.165) is 12.5 Å². The summed E-state index contributed by atoms with van der Waals surface area (Å²) in [4.78, 5) is 10.5. The lowest BCUT2D eigenvalue weighted by Crippen LogP contribution is -2.31. The molecule has 0 aliphatic heterocycles. The normalized spacial score (nSPS) is 16.6. The van der Waals surface area contributed by atoms with Crippen molar-refractivity contribution in [3.05, 3.63) is 18.0 Å². The molecule has 1 aromatic rings. The van der Waals surface area contributed by atoms with Crippen molar-refractivity contribution < 1.29 is 5.21 Å². The Morgan fingerprint density at radius 1 is 1.65 bits per heavy atom. The SMILES string of the molecule is CN(CC1CCC1)c1nccc(/C(N)=N/O)n1. The Kier molecular flexibility index (Phi) is 3.41. The maximum absolute atomic E-state index is 8.60. The lowest BCUT2D eigenvalue weighted by Gasteiger charge is -2.30. The van der Waals surface area contributed by atoms with E-state index < -0.39 is 0 Å². The highest BCUT2D eigenvalue weighted by atomic mass is 16.4. The van der Waals surface area contributed by atoms with Crippen LogP contribution in [-0.4, -0.2) is 34.6 Å². The topological polar surface area (TPSA) is 87.6 Å². The van der Waals surface area contributed by atoms with Crippen LogP contribution in [0.5, 0.6) is 0 Å². The van der Waals surface area contributed by atoms with Crippen LogP contribution in [0.25, 0.3) is 0 Å². The Balaban J connectivity index is 2.08. The fourth-order valence-electron chi connectivity index (χ4n) is 1.87. The molecular formula is C11H17N5O. The summed E-state index contributed by atoms with van der Waals surface area (Å²) < 4.78 is 0. The van der Waals surface area contributed by atoms with Gasteiger partial charge in [0, 0.05) is 19.8 Å². The number of rotatable bonds is 4. The third-order valence-electron chi connectivity index (χ3n) is 3.11. The standard InChI is InChI=1S/C11H17N5O/c1-16(7-8-3-2-4-8)11-13-6-5-9(14-11)10(12)15-17/h5-6,8,17H,2-4,7H2,1H3,(H2,12,15). The molecule has 1 aliphatic carbocycles. The van der Waals surface area contributed by atoms with E-state index in [2.05, 4.69) is 15.1 Å². The highest BCUT2D eigenvalue weighted by Gasteiger charge is 2.20. The number of nitrogens with zero attached hydrogens (tertiary/aromatic N) is 4. The van der Waals surface area contributed by atoms with Crippen LogP contribution in [0.4, 0.5) is 5.95 Å². The highest BCUT2D eigenvalue weighted by molar-refractivity contribution is 5.95. The van der Waals surface area contributed by atoms with Crippen molar-refractivity contribution in [1.29, 1.82) is 0 Å². The molecule has 17 heavy (non-hydrogen) atoms. The van der Waals surface area contributed by atoms with Gasteiger partial charge in [-0.3, -0.25) is 0 Å². The Morgan fingerprint density at radius 3 is 3.00 bits per heavy atom. The summed E-state index contributed by atoms with van der Waals surface area (Å²) in [6.45, 7) is 0.958. The van der Waals surface area contributed by atoms with Gasteiger partial charge in [0.2, 0.25) is 5.95 Å². The molecule has 1 heterocycles. The Bertz CT molecular complexity index is 416. The monoisotopic (exact) mass is 235 g/mol. The number of hydrogen-bond donors (Lipinski definition) is 2. The maximum atomic E-state index is 8.60. The zero-order valence-electron chi connectivity index (χ0n) is 9.87. The summed E-state index contributed by atoms with van der Waals surface area (Å²) in [6.07, 6.45) is 5.50. The van der Waals surface area contributed by atoms with E-state index in [9.17, 15) is 0 Å². The molecule has 2 rings (SSSR count). The zero-order valence-corrected chi connectivity index (χ0v) is 9.87. The van der Waals surface area contributed by atoms with E-state index in [1.165, 1.54) is 19.3 Å². The van der Waals surface area contributed by atoms with Gasteiger partial charge < -0.3 is 15.8 Å². The highest BCUT2D eigenvalue weighted by Crippen LogP contribution is 2.27. The van der Waals surface area contributed by atoms with Crippen LogP contribution in [0.2, 0.25) is 0 Å². The fraction of sp³-hybridized carbons (Fsp3) is 0.545. The van der Waals surface area contributed by atoms with E-state index in [0.29, 0.717) is 11.6 Å². The third-order valence-corrected chi connectivity index (χ3v) is 3.11. The van der Waals surface area contributed by atoms with Crippen molar-refractivity contribution in [2.75, 3.05) is 18.5 Å². The van der Waals surface area contributed by atoms with Gasteiger partial charge in [0.1, 0.15) is 5.69 Å². The van der Waals surface area contributed by atoms with Crippen LogP contribution in [0, 0.1) is 5.92 Å². The summed E-state index contributed by atoms with van der Waals surface area (Å²) in [5.41, 5.74) is 5.94. The van der Waals surface area contributed by atoms with Gasteiger partial charge in [-0.2, -0.15) is 0 Å². The van der Waals surface area contributed by atoms with Crippen molar-refractivity contribution in [1.82, 2.24) is 9.97 Å². The first kappa shape index (κ1) is 11.6. The van der Waals surface area contributed by atoms with Crippen LogP contribution in [0.15, 0.2) is 17.4 Å². The Morgan fingerprint density at radius 2 is 2.41 bits per heavy atom. The number of nitrogens with two attached hydrogens (primary N) is 1. The zero-order chi connectivity index (χ0) is 12.3. The molecule has 92 valence electrons. The molecule has 1 aromatic heterocycles. The van der Waals surface area contributed by atoms with Crippen LogP contribution in [0.3, 0.4) is 0 Å². The third kappa shape index (κ3) is 2.64. The van der Waals surface area contributed by atoms with E-state index in [1.807, 2.05) is 11.9 Å². The van der Waals surface area contributed by atoms with Crippen LogP contribution >= 0.6 is 0 Å². The van der Waals surface area contributed by atoms with Crippen LogP contribution < -0.4 is 10.6 Å². The lowest BCUT2D eigenvalue weighted by atomic mass is 9.85. The van der Waals surface area contributed by atoms with Gasteiger partial charge in [0.25, 0.3) is 0 Å². The van der Waals surface area contributed by atoms with Crippen molar-refractivity contribution in [2.45, 2.75) is 19.3 Å². The van der Waals surface area contributed by atoms with Gasteiger partial charge in [0.05, 0.1) is 0 Å². The molecule has 0 atom stereocenters. The Hall–Kier alpha value is -1.85. The molecule has 3 N–H and O–H groups in total. The van der Waals surface area contributed by atoms with Gasteiger partial charge in [0.15, 0.2) is 5.84 Å². The van der Waals surface area contributed by atoms with Gasteiger partial charge >= 0.3 is 0 Å². The van der Waals surface area contributed by atoms with Gasteiger partial charge in [-0.25, -0.2) is 9.97 Å². The molecule has 6 nitrogen and oxygen atoms in total. The second-order valence-corrected chi connectivity index (χ2v) is 4.40. The molecule has 0 radical (unpaired) electrons. The molecule has 1 fully saturated rings. The molecule has 6 heteroatoms. The van der Waals surface area contributed by atoms with E-state index >= 15 is 0 Å². The van der Waals surface area contributed by atoms with Gasteiger partial charge in [-0.1, -0.05) is 11.6 Å². The lowest BCUT2D eigenvalue weighted by molar-refractivity contribution is 0.318. The number of oxime groups is 1. The summed E-state index contributed by atoms with van der Waals surface area (Å²) in [7, 11) is 1.96. The average molecular weight is 235 g/mol. The first-order valence-electron chi connectivity index (χ1n) is 5.73. The van der Waals surface area contributed by atoms with E-state index in [4.69, 9.17) is 10.9 Å². The number of amidine groups is 1. The van der Waals surface area contributed by atoms with Gasteiger partial charge in [-0.05, 0) is 24.8 Å². The molecule has 1 saturated carbocycles. The fourth-order valence-corrected chi connectivity index (χ4v) is 1.87. The van der Waals surface area contributed by atoms with Crippen molar-refractivity contribution in [2.24, 2.45) is 16.8 Å². The minimum absolute atomic E-state index is 0.00527. The van der Waals surface area contributed by atoms with E-state index in [1.54, 1.807) is 12.3 Å². The van der Waals surface area contributed by atoms with Crippen molar-refractivity contribution >= 4 is 11.8 Å².